The molecule has 2 aliphatic rings. The molecule has 5 nitrogen and oxygen atoms in total. The number of nitrogens with one attached hydrogen (secondary N) is 1. The lowest BCUT2D eigenvalue weighted by molar-refractivity contribution is 0.102. The van der Waals surface area contributed by atoms with Gasteiger partial charge in [-0.15, -0.1) is 0 Å². The molecular formula is C15H21N5. The average molecular weight is 271 g/mol. The summed E-state index contributed by atoms with van der Waals surface area (Å²) in [6.07, 6.45) is 7.55. The van der Waals surface area contributed by atoms with E-state index in [9.17, 15) is 0 Å². The Labute approximate surface area is 119 Å². The molecule has 2 aromatic heterocycles. The van der Waals surface area contributed by atoms with Crippen molar-refractivity contribution in [3.63, 3.8) is 0 Å². The Kier molecular flexibility index (Phi) is 2.88. The van der Waals surface area contributed by atoms with E-state index in [1.54, 1.807) is 6.33 Å². The van der Waals surface area contributed by atoms with E-state index in [2.05, 4.69) is 37.9 Å². The highest BCUT2D eigenvalue weighted by atomic mass is 15.2. The molecule has 0 bridgehead atoms. The van der Waals surface area contributed by atoms with Crippen LogP contribution in [0.2, 0.25) is 0 Å². The Morgan fingerprint density at radius 3 is 3.15 bits per heavy atom. The first-order chi connectivity index (χ1) is 9.83. The minimum absolute atomic E-state index is 0.767. The minimum Gasteiger partial charge on any atom is -0.356 e. The molecule has 1 N–H and O–H groups in total. The maximum Gasteiger partial charge on any atom is 0.142 e. The lowest BCUT2D eigenvalue weighted by atomic mass is 9.84. The number of nitrogens with zero attached hydrogens (tertiary/aromatic N) is 4. The van der Waals surface area contributed by atoms with Crippen molar-refractivity contribution in [2.45, 2.75) is 25.3 Å². The summed E-state index contributed by atoms with van der Waals surface area (Å²) in [6, 6.07) is 2.85. The second-order valence-corrected chi connectivity index (χ2v) is 6.12. The number of hydrogen-bond donors (Lipinski definition) is 1. The van der Waals surface area contributed by atoms with Gasteiger partial charge in [0, 0.05) is 25.3 Å². The van der Waals surface area contributed by atoms with E-state index >= 15 is 0 Å². The summed E-state index contributed by atoms with van der Waals surface area (Å²) in [4.78, 5) is 17.0. The third-order valence-corrected chi connectivity index (χ3v) is 4.98. The summed E-state index contributed by atoms with van der Waals surface area (Å²) in [5.41, 5.74) is 0.942. The van der Waals surface area contributed by atoms with Crippen LogP contribution in [0.25, 0.3) is 11.0 Å². The van der Waals surface area contributed by atoms with Gasteiger partial charge in [0.15, 0.2) is 0 Å². The number of H-pyrrole nitrogens is 1. The third kappa shape index (κ3) is 1.88. The predicted octanol–water partition coefficient (Wildman–Crippen LogP) is 1.88. The fourth-order valence-corrected chi connectivity index (χ4v) is 3.96. The molecule has 0 spiro atoms. The zero-order valence-corrected chi connectivity index (χ0v) is 11.9. The van der Waals surface area contributed by atoms with Gasteiger partial charge in [0.2, 0.25) is 0 Å². The van der Waals surface area contributed by atoms with Gasteiger partial charge in [-0.2, -0.15) is 0 Å². The first-order valence-corrected chi connectivity index (χ1v) is 7.56. The molecule has 2 fully saturated rings. The number of rotatable bonds is 1. The van der Waals surface area contributed by atoms with Crippen LogP contribution in [0.4, 0.5) is 5.82 Å². The molecule has 2 saturated heterocycles. The van der Waals surface area contributed by atoms with Crippen molar-refractivity contribution in [3.8, 4) is 0 Å². The summed E-state index contributed by atoms with van der Waals surface area (Å²) in [5.74, 6) is 1.88. The molecule has 2 unspecified atom stereocenters. The van der Waals surface area contributed by atoms with Crippen LogP contribution < -0.4 is 4.90 Å². The number of hydrogen-bond acceptors (Lipinski definition) is 4. The van der Waals surface area contributed by atoms with Crippen LogP contribution in [-0.2, 0) is 0 Å². The fraction of sp³-hybridized carbons (Fsp3) is 0.600. The summed E-state index contributed by atoms with van der Waals surface area (Å²) in [6.45, 7) is 3.49. The van der Waals surface area contributed by atoms with Crippen molar-refractivity contribution in [1.29, 1.82) is 0 Å². The molecule has 0 aliphatic carbocycles. The standard InChI is InChI=1S/C15H21N5/c1-19-7-2-3-11-9-20(8-5-13(11)19)15-12-4-6-16-14(12)17-10-18-15/h4,6,10-11,13H,2-3,5,7-9H2,1H3,(H,16,17,18). The summed E-state index contributed by atoms with van der Waals surface area (Å²) in [5, 5.41) is 1.15. The first-order valence-electron chi connectivity index (χ1n) is 7.56. The van der Waals surface area contributed by atoms with E-state index in [4.69, 9.17) is 0 Å². The van der Waals surface area contributed by atoms with Gasteiger partial charge in [-0.1, -0.05) is 0 Å². The average Bonchev–Trinajstić information content (AvgIpc) is 2.95. The lowest BCUT2D eigenvalue weighted by Crippen LogP contribution is -2.52. The summed E-state index contributed by atoms with van der Waals surface area (Å²) in [7, 11) is 2.28. The number of aromatic amines is 1. The van der Waals surface area contributed by atoms with Gasteiger partial charge in [0.25, 0.3) is 0 Å². The molecular weight excluding hydrogens is 250 g/mol. The maximum atomic E-state index is 4.54. The van der Waals surface area contributed by atoms with Crippen LogP contribution in [-0.4, -0.2) is 52.6 Å². The Morgan fingerprint density at radius 2 is 2.20 bits per heavy atom. The van der Waals surface area contributed by atoms with Crippen LogP contribution in [0.3, 0.4) is 0 Å². The van der Waals surface area contributed by atoms with Crippen LogP contribution in [0.5, 0.6) is 0 Å². The van der Waals surface area contributed by atoms with Crippen LogP contribution >= 0.6 is 0 Å². The van der Waals surface area contributed by atoms with Crippen molar-refractivity contribution in [2.24, 2.45) is 5.92 Å². The maximum absolute atomic E-state index is 4.54. The molecule has 4 rings (SSSR count). The normalized spacial score (nSPS) is 27.8. The highest BCUT2D eigenvalue weighted by Crippen LogP contribution is 2.33. The van der Waals surface area contributed by atoms with E-state index < -0.39 is 0 Å². The Hall–Kier alpha value is -1.62. The van der Waals surface area contributed by atoms with E-state index in [0.717, 1.165) is 41.9 Å². The topological polar surface area (TPSA) is 48.1 Å². The number of aromatic nitrogens is 3. The zero-order valence-electron chi connectivity index (χ0n) is 11.9. The lowest BCUT2D eigenvalue weighted by Gasteiger charge is -2.46. The van der Waals surface area contributed by atoms with Crippen LogP contribution in [0.1, 0.15) is 19.3 Å². The highest BCUT2D eigenvalue weighted by Gasteiger charge is 2.34. The van der Waals surface area contributed by atoms with Crippen molar-refractivity contribution >= 4 is 16.9 Å². The Balaban J connectivity index is 1.62. The third-order valence-electron chi connectivity index (χ3n) is 4.98. The van der Waals surface area contributed by atoms with E-state index in [0.29, 0.717) is 0 Å². The van der Waals surface area contributed by atoms with Gasteiger partial charge in [0.1, 0.15) is 17.8 Å². The molecule has 2 aliphatic heterocycles. The zero-order chi connectivity index (χ0) is 13.5. The van der Waals surface area contributed by atoms with Gasteiger partial charge < -0.3 is 14.8 Å². The van der Waals surface area contributed by atoms with Gasteiger partial charge in [-0.05, 0) is 44.8 Å². The van der Waals surface area contributed by atoms with Crippen molar-refractivity contribution in [2.75, 3.05) is 31.6 Å². The van der Waals surface area contributed by atoms with Gasteiger partial charge in [0.05, 0.1) is 5.39 Å². The molecule has 2 atom stereocenters. The SMILES string of the molecule is CN1CCCC2CN(c3ncnc4[nH]ccc34)CCC21. The van der Waals surface area contributed by atoms with E-state index in [-0.39, 0.29) is 0 Å². The number of anilines is 1. The van der Waals surface area contributed by atoms with Crippen molar-refractivity contribution in [1.82, 2.24) is 19.9 Å². The Morgan fingerprint density at radius 1 is 1.25 bits per heavy atom. The molecule has 5 heteroatoms. The first kappa shape index (κ1) is 12.1. The van der Waals surface area contributed by atoms with Crippen molar-refractivity contribution in [3.05, 3.63) is 18.6 Å². The second-order valence-electron chi connectivity index (χ2n) is 6.12. The predicted molar refractivity (Wildman–Crippen MR) is 79.9 cm³/mol. The van der Waals surface area contributed by atoms with Gasteiger partial charge in [-0.3, -0.25) is 0 Å². The molecule has 0 saturated carbocycles. The van der Waals surface area contributed by atoms with Crippen LogP contribution in [0.15, 0.2) is 18.6 Å². The molecule has 0 radical (unpaired) electrons. The Bertz CT molecular complexity index is 607. The fourth-order valence-electron chi connectivity index (χ4n) is 3.96. The van der Waals surface area contributed by atoms with Crippen molar-refractivity contribution < 1.29 is 0 Å². The van der Waals surface area contributed by atoms with E-state index in [1.165, 1.54) is 25.8 Å². The molecule has 0 aromatic carbocycles. The monoisotopic (exact) mass is 271 g/mol. The summed E-state index contributed by atoms with van der Waals surface area (Å²) < 4.78 is 0. The summed E-state index contributed by atoms with van der Waals surface area (Å²) >= 11 is 0. The number of likely N-dealkylation sites (tertiary alicyclic amines) is 1. The molecule has 20 heavy (non-hydrogen) atoms. The quantitative estimate of drug-likeness (QED) is 0.860. The van der Waals surface area contributed by atoms with E-state index in [1.807, 2.05) is 6.20 Å². The number of piperidine rings is 2. The molecule has 4 heterocycles. The molecule has 106 valence electrons. The highest BCUT2D eigenvalue weighted by molar-refractivity contribution is 5.87. The van der Waals surface area contributed by atoms with Crippen LogP contribution in [0, 0.1) is 5.92 Å². The molecule has 2 aromatic rings. The van der Waals surface area contributed by atoms with Gasteiger partial charge in [-0.25, -0.2) is 9.97 Å². The molecule has 0 amide bonds. The smallest absolute Gasteiger partial charge is 0.142 e. The number of fused-ring (bicyclic) bond motifs is 2. The largest absolute Gasteiger partial charge is 0.356 e. The van der Waals surface area contributed by atoms with Gasteiger partial charge >= 0.3 is 0 Å². The minimum atomic E-state index is 0.767. The second kappa shape index (κ2) is 4.74.